The Morgan fingerprint density at radius 2 is 2.25 bits per heavy atom. The van der Waals surface area contributed by atoms with Crippen LogP contribution in [0, 0.1) is 6.92 Å². The number of rotatable bonds is 4. The molecule has 1 aromatic carbocycles. The fourth-order valence-corrected chi connectivity index (χ4v) is 1.21. The third kappa shape index (κ3) is 3.05. The highest BCUT2D eigenvalue weighted by molar-refractivity contribution is 5.25. The average molecular weight is 163 g/mol. The van der Waals surface area contributed by atoms with Gasteiger partial charge in [-0.1, -0.05) is 24.3 Å². The molecule has 0 spiro atoms. The Kier molecular flexibility index (Phi) is 3.81. The van der Waals surface area contributed by atoms with Gasteiger partial charge in [-0.05, 0) is 30.9 Å². The van der Waals surface area contributed by atoms with Crippen LogP contribution in [0.15, 0.2) is 24.3 Å². The minimum absolute atomic E-state index is 0.835. The van der Waals surface area contributed by atoms with Crippen LogP contribution in [0.2, 0.25) is 0 Å². The minimum atomic E-state index is 0.835. The van der Waals surface area contributed by atoms with Crippen LogP contribution >= 0.6 is 0 Å². The Labute approximate surface area is 74.4 Å². The first-order valence-electron chi connectivity index (χ1n) is 4.23. The van der Waals surface area contributed by atoms with Gasteiger partial charge < -0.3 is 4.74 Å². The fourth-order valence-electron chi connectivity index (χ4n) is 1.21. The lowest BCUT2D eigenvalue weighted by Gasteiger charge is -2.01. The highest BCUT2D eigenvalue weighted by Crippen LogP contribution is 2.06. The lowest BCUT2D eigenvalue weighted by molar-refractivity contribution is 0.195. The Hall–Kier alpha value is -0.820. The zero-order valence-corrected chi connectivity index (χ0v) is 7.55. The van der Waals surface area contributed by atoms with Crippen molar-refractivity contribution in [1.82, 2.24) is 0 Å². The topological polar surface area (TPSA) is 9.23 Å². The standard InChI is InChI=1S/C11H15O/c1-10-5-3-6-11(9-10)7-4-8-12-2/h3,5-6,9H,1,4,7-8H2,2H3. The quantitative estimate of drug-likeness (QED) is 0.619. The van der Waals surface area contributed by atoms with Crippen LogP contribution in [0.1, 0.15) is 17.5 Å². The molecule has 12 heavy (non-hydrogen) atoms. The fraction of sp³-hybridized carbons (Fsp3) is 0.364. The monoisotopic (exact) mass is 163 g/mol. The number of benzene rings is 1. The molecule has 1 aromatic rings. The number of hydrogen-bond donors (Lipinski definition) is 0. The van der Waals surface area contributed by atoms with Crippen LogP contribution in [0.3, 0.4) is 0 Å². The Morgan fingerprint density at radius 1 is 1.42 bits per heavy atom. The number of ether oxygens (including phenoxy) is 1. The average Bonchev–Trinajstić information content (AvgIpc) is 2.05. The summed E-state index contributed by atoms with van der Waals surface area (Å²) < 4.78 is 4.98. The van der Waals surface area contributed by atoms with E-state index in [9.17, 15) is 0 Å². The summed E-state index contributed by atoms with van der Waals surface area (Å²) in [6, 6.07) is 8.31. The summed E-state index contributed by atoms with van der Waals surface area (Å²) in [5, 5.41) is 0. The van der Waals surface area contributed by atoms with E-state index in [0.29, 0.717) is 0 Å². The maximum absolute atomic E-state index is 4.98. The molecule has 0 heterocycles. The third-order valence-electron chi connectivity index (χ3n) is 1.81. The maximum atomic E-state index is 4.98. The normalized spacial score (nSPS) is 10.2. The van der Waals surface area contributed by atoms with Crippen molar-refractivity contribution in [1.29, 1.82) is 0 Å². The van der Waals surface area contributed by atoms with E-state index >= 15 is 0 Å². The van der Waals surface area contributed by atoms with Crippen molar-refractivity contribution in [2.75, 3.05) is 13.7 Å². The molecule has 0 bridgehead atoms. The second-order valence-electron chi connectivity index (χ2n) is 2.92. The molecule has 0 atom stereocenters. The summed E-state index contributed by atoms with van der Waals surface area (Å²) in [4.78, 5) is 0. The molecule has 0 unspecified atom stereocenters. The molecular weight excluding hydrogens is 148 g/mol. The van der Waals surface area contributed by atoms with Gasteiger partial charge in [-0.3, -0.25) is 0 Å². The van der Waals surface area contributed by atoms with E-state index in [1.807, 2.05) is 12.1 Å². The SMILES string of the molecule is [CH2]c1cccc(CCCOC)c1. The molecular formula is C11H15O. The van der Waals surface area contributed by atoms with Crippen molar-refractivity contribution in [2.24, 2.45) is 0 Å². The van der Waals surface area contributed by atoms with E-state index in [1.54, 1.807) is 7.11 Å². The molecule has 65 valence electrons. The van der Waals surface area contributed by atoms with Crippen LogP contribution < -0.4 is 0 Å². The van der Waals surface area contributed by atoms with Crippen LogP contribution in [-0.4, -0.2) is 13.7 Å². The predicted octanol–water partition coefficient (Wildman–Crippen LogP) is 2.45. The van der Waals surface area contributed by atoms with Gasteiger partial charge in [-0.25, -0.2) is 0 Å². The molecule has 0 aromatic heterocycles. The number of aryl methyl sites for hydroxylation is 1. The summed E-state index contributed by atoms with van der Waals surface area (Å²) in [6.07, 6.45) is 2.16. The van der Waals surface area contributed by atoms with Gasteiger partial charge in [-0.2, -0.15) is 0 Å². The Morgan fingerprint density at radius 3 is 2.92 bits per heavy atom. The van der Waals surface area contributed by atoms with Crippen molar-refractivity contribution in [3.05, 3.63) is 42.3 Å². The lowest BCUT2D eigenvalue weighted by atomic mass is 10.1. The molecule has 1 nitrogen and oxygen atoms in total. The highest BCUT2D eigenvalue weighted by Gasteiger charge is 1.92. The van der Waals surface area contributed by atoms with Crippen LogP contribution in [-0.2, 0) is 11.2 Å². The van der Waals surface area contributed by atoms with E-state index in [1.165, 1.54) is 5.56 Å². The van der Waals surface area contributed by atoms with Crippen molar-refractivity contribution in [3.8, 4) is 0 Å². The summed E-state index contributed by atoms with van der Waals surface area (Å²) >= 11 is 0. The third-order valence-corrected chi connectivity index (χ3v) is 1.81. The molecule has 0 N–H and O–H groups in total. The van der Waals surface area contributed by atoms with Gasteiger partial charge in [0.15, 0.2) is 0 Å². The molecule has 1 radical (unpaired) electrons. The second-order valence-corrected chi connectivity index (χ2v) is 2.92. The van der Waals surface area contributed by atoms with Gasteiger partial charge in [0.25, 0.3) is 0 Å². The second kappa shape index (κ2) is 4.94. The zero-order valence-electron chi connectivity index (χ0n) is 7.55. The van der Waals surface area contributed by atoms with E-state index < -0.39 is 0 Å². The predicted molar refractivity (Wildman–Crippen MR) is 51.1 cm³/mol. The molecule has 1 rings (SSSR count). The molecule has 0 saturated carbocycles. The van der Waals surface area contributed by atoms with Crippen molar-refractivity contribution < 1.29 is 4.74 Å². The van der Waals surface area contributed by atoms with Crippen LogP contribution in [0.5, 0.6) is 0 Å². The Balaban J connectivity index is 2.41. The van der Waals surface area contributed by atoms with Gasteiger partial charge in [0.05, 0.1) is 0 Å². The Bertz CT molecular complexity index is 230. The van der Waals surface area contributed by atoms with E-state index in [4.69, 9.17) is 4.74 Å². The van der Waals surface area contributed by atoms with Gasteiger partial charge in [0, 0.05) is 13.7 Å². The molecule has 0 aliphatic carbocycles. The van der Waals surface area contributed by atoms with E-state index in [2.05, 4.69) is 19.1 Å². The molecule has 0 amide bonds. The molecule has 0 aliphatic rings. The van der Waals surface area contributed by atoms with E-state index in [-0.39, 0.29) is 0 Å². The molecule has 0 aliphatic heterocycles. The van der Waals surface area contributed by atoms with Crippen LogP contribution in [0.25, 0.3) is 0 Å². The summed E-state index contributed by atoms with van der Waals surface area (Å²) in [7, 11) is 1.73. The highest BCUT2D eigenvalue weighted by atomic mass is 16.5. The van der Waals surface area contributed by atoms with E-state index in [0.717, 1.165) is 25.0 Å². The maximum Gasteiger partial charge on any atom is 0.0465 e. The lowest BCUT2D eigenvalue weighted by Crippen LogP contribution is -1.92. The van der Waals surface area contributed by atoms with Gasteiger partial charge >= 0.3 is 0 Å². The van der Waals surface area contributed by atoms with Crippen molar-refractivity contribution >= 4 is 0 Å². The largest absolute Gasteiger partial charge is 0.385 e. The van der Waals surface area contributed by atoms with Gasteiger partial charge in [0.2, 0.25) is 0 Å². The first-order valence-corrected chi connectivity index (χ1v) is 4.23. The first-order chi connectivity index (χ1) is 5.83. The van der Waals surface area contributed by atoms with Gasteiger partial charge in [0.1, 0.15) is 0 Å². The minimum Gasteiger partial charge on any atom is -0.385 e. The summed E-state index contributed by atoms with van der Waals surface area (Å²) in [5.41, 5.74) is 2.43. The summed E-state index contributed by atoms with van der Waals surface area (Å²) in [5.74, 6) is 0. The first kappa shape index (κ1) is 9.27. The van der Waals surface area contributed by atoms with Crippen LogP contribution in [0.4, 0.5) is 0 Å². The smallest absolute Gasteiger partial charge is 0.0465 e. The number of methoxy groups -OCH3 is 1. The summed E-state index contributed by atoms with van der Waals surface area (Å²) in [6.45, 7) is 4.71. The number of hydrogen-bond acceptors (Lipinski definition) is 1. The van der Waals surface area contributed by atoms with Crippen molar-refractivity contribution in [3.63, 3.8) is 0 Å². The molecule has 0 fully saturated rings. The zero-order chi connectivity index (χ0) is 8.81. The van der Waals surface area contributed by atoms with Crippen molar-refractivity contribution in [2.45, 2.75) is 12.8 Å². The molecule has 0 saturated heterocycles. The van der Waals surface area contributed by atoms with Gasteiger partial charge in [-0.15, -0.1) is 0 Å². The molecule has 1 heteroatoms.